The van der Waals surface area contributed by atoms with E-state index in [-0.39, 0.29) is 6.03 Å². The predicted octanol–water partition coefficient (Wildman–Crippen LogP) is 1.55. The molecular weight excluding hydrogens is 230 g/mol. The number of hydrogen-bond donors (Lipinski definition) is 3. The standard InChI is InChI=1S/C13H19N3O2/c1-18-12-4-2-11(3-5-12)16-13(17)15-8-9-6-10(14)7-9/h2-5,9-10H,6-8,14H2,1H3,(H2,15,16,17). The van der Waals surface area contributed by atoms with Crippen molar-refractivity contribution in [2.24, 2.45) is 11.7 Å². The molecule has 5 nitrogen and oxygen atoms in total. The lowest BCUT2D eigenvalue weighted by Crippen LogP contribution is -2.43. The first-order chi connectivity index (χ1) is 8.67. The van der Waals surface area contributed by atoms with Crippen LogP contribution in [0.25, 0.3) is 0 Å². The third-order valence-corrected chi connectivity index (χ3v) is 3.17. The highest BCUT2D eigenvalue weighted by molar-refractivity contribution is 5.89. The van der Waals surface area contributed by atoms with Crippen LogP contribution in [0.5, 0.6) is 5.75 Å². The van der Waals surface area contributed by atoms with Crippen LogP contribution >= 0.6 is 0 Å². The highest BCUT2D eigenvalue weighted by Crippen LogP contribution is 2.24. The van der Waals surface area contributed by atoms with Gasteiger partial charge in [0, 0.05) is 18.3 Å². The Morgan fingerprint density at radius 2 is 2.06 bits per heavy atom. The van der Waals surface area contributed by atoms with Crippen molar-refractivity contribution in [1.82, 2.24) is 5.32 Å². The minimum absolute atomic E-state index is 0.180. The van der Waals surface area contributed by atoms with Gasteiger partial charge in [-0.3, -0.25) is 0 Å². The molecule has 0 bridgehead atoms. The summed E-state index contributed by atoms with van der Waals surface area (Å²) < 4.78 is 5.05. The normalized spacial score (nSPS) is 21.9. The summed E-state index contributed by atoms with van der Waals surface area (Å²) in [4.78, 5) is 11.6. The summed E-state index contributed by atoms with van der Waals surface area (Å²) in [5, 5.41) is 5.62. The maximum Gasteiger partial charge on any atom is 0.319 e. The van der Waals surface area contributed by atoms with Gasteiger partial charge >= 0.3 is 6.03 Å². The van der Waals surface area contributed by atoms with E-state index in [1.54, 1.807) is 31.4 Å². The SMILES string of the molecule is COc1ccc(NC(=O)NCC2CC(N)C2)cc1. The van der Waals surface area contributed by atoms with Gasteiger partial charge in [0.2, 0.25) is 0 Å². The third-order valence-electron chi connectivity index (χ3n) is 3.17. The van der Waals surface area contributed by atoms with E-state index in [4.69, 9.17) is 10.5 Å². The number of nitrogens with one attached hydrogen (secondary N) is 2. The number of rotatable bonds is 4. The number of hydrogen-bond acceptors (Lipinski definition) is 3. The van der Waals surface area contributed by atoms with Gasteiger partial charge in [-0.15, -0.1) is 0 Å². The van der Waals surface area contributed by atoms with E-state index in [2.05, 4.69) is 10.6 Å². The first-order valence-electron chi connectivity index (χ1n) is 6.12. The van der Waals surface area contributed by atoms with Gasteiger partial charge in [-0.2, -0.15) is 0 Å². The van der Waals surface area contributed by atoms with Gasteiger partial charge < -0.3 is 21.1 Å². The van der Waals surface area contributed by atoms with Gasteiger partial charge in [-0.05, 0) is 43.0 Å². The molecule has 1 aliphatic rings. The van der Waals surface area contributed by atoms with Crippen molar-refractivity contribution in [2.75, 3.05) is 19.0 Å². The van der Waals surface area contributed by atoms with Gasteiger partial charge in [0.25, 0.3) is 0 Å². The quantitative estimate of drug-likeness (QED) is 0.757. The van der Waals surface area contributed by atoms with Gasteiger partial charge in [-0.1, -0.05) is 0 Å². The van der Waals surface area contributed by atoms with E-state index in [0.29, 0.717) is 18.5 Å². The molecule has 1 fully saturated rings. The summed E-state index contributed by atoms with van der Waals surface area (Å²) >= 11 is 0. The molecule has 2 amide bonds. The largest absolute Gasteiger partial charge is 0.497 e. The van der Waals surface area contributed by atoms with Crippen molar-refractivity contribution in [1.29, 1.82) is 0 Å². The van der Waals surface area contributed by atoms with Crippen LogP contribution in [-0.4, -0.2) is 25.7 Å². The second-order valence-electron chi connectivity index (χ2n) is 4.66. The van der Waals surface area contributed by atoms with E-state index in [0.717, 1.165) is 24.3 Å². The molecule has 0 atom stereocenters. The molecule has 0 radical (unpaired) electrons. The van der Waals surface area contributed by atoms with Gasteiger partial charge in [-0.25, -0.2) is 4.79 Å². The Morgan fingerprint density at radius 3 is 2.61 bits per heavy atom. The number of amides is 2. The molecule has 18 heavy (non-hydrogen) atoms. The molecule has 0 spiro atoms. The lowest BCUT2D eigenvalue weighted by molar-refractivity contribution is 0.234. The molecule has 1 aromatic rings. The second-order valence-corrected chi connectivity index (χ2v) is 4.66. The smallest absolute Gasteiger partial charge is 0.319 e. The Balaban J connectivity index is 1.72. The molecule has 4 N–H and O–H groups in total. The Labute approximate surface area is 107 Å². The van der Waals surface area contributed by atoms with Crippen LogP contribution in [0, 0.1) is 5.92 Å². The number of ether oxygens (including phenoxy) is 1. The van der Waals surface area contributed by atoms with Gasteiger partial charge in [0.05, 0.1) is 7.11 Å². The highest BCUT2D eigenvalue weighted by Gasteiger charge is 2.25. The molecule has 0 aromatic heterocycles. The molecule has 2 rings (SSSR count). The fourth-order valence-electron chi connectivity index (χ4n) is 2.04. The number of anilines is 1. The van der Waals surface area contributed by atoms with Crippen LogP contribution in [0.4, 0.5) is 10.5 Å². The predicted molar refractivity (Wildman–Crippen MR) is 70.7 cm³/mol. The molecule has 5 heteroatoms. The summed E-state index contributed by atoms with van der Waals surface area (Å²) in [5.74, 6) is 1.30. The number of urea groups is 1. The molecule has 1 saturated carbocycles. The second kappa shape index (κ2) is 5.73. The van der Waals surface area contributed by atoms with E-state index in [9.17, 15) is 4.79 Å². The molecular formula is C13H19N3O2. The fraction of sp³-hybridized carbons (Fsp3) is 0.462. The maximum absolute atomic E-state index is 11.6. The van der Waals surface area contributed by atoms with E-state index < -0.39 is 0 Å². The van der Waals surface area contributed by atoms with Crippen molar-refractivity contribution in [3.8, 4) is 5.75 Å². The van der Waals surface area contributed by atoms with Crippen LogP contribution in [0.2, 0.25) is 0 Å². The number of benzene rings is 1. The number of methoxy groups -OCH3 is 1. The zero-order chi connectivity index (χ0) is 13.0. The average molecular weight is 249 g/mol. The molecule has 1 aliphatic carbocycles. The first kappa shape index (κ1) is 12.7. The highest BCUT2D eigenvalue weighted by atomic mass is 16.5. The zero-order valence-electron chi connectivity index (χ0n) is 10.5. The Bertz CT molecular complexity index is 399. The van der Waals surface area contributed by atoms with E-state index in [1.165, 1.54) is 0 Å². The van der Waals surface area contributed by atoms with Gasteiger partial charge in [0.1, 0.15) is 5.75 Å². The number of nitrogens with two attached hydrogens (primary N) is 1. The average Bonchev–Trinajstić information content (AvgIpc) is 2.34. The molecule has 0 saturated heterocycles. The molecule has 0 aliphatic heterocycles. The maximum atomic E-state index is 11.6. The Morgan fingerprint density at radius 1 is 1.39 bits per heavy atom. The molecule has 1 aromatic carbocycles. The summed E-state index contributed by atoms with van der Waals surface area (Å²) in [6, 6.07) is 7.36. The van der Waals surface area contributed by atoms with Crippen LogP contribution in [0.1, 0.15) is 12.8 Å². The molecule has 0 heterocycles. The summed E-state index contributed by atoms with van der Waals surface area (Å²) in [6.45, 7) is 0.690. The van der Waals surface area contributed by atoms with Crippen LogP contribution in [-0.2, 0) is 0 Å². The fourth-order valence-corrected chi connectivity index (χ4v) is 2.04. The van der Waals surface area contributed by atoms with E-state index in [1.807, 2.05) is 0 Å². The summed E-state index contributed by atoms with van der Waals surface area (Å²) in [7, 11) is 1.61. The van der Waals surface area contributed by atoms with Crippen molar-refractivity contribution in [3.05, 3.63) is 24.3 Å². The summed E-state index contributed by atoms with van der Waals surface area (Å²) in [5.41, 5.74) is 6.43. The lowest BCUT2D eigenvalue weighted by atomic mass is 9.81. The Hall–Kier alpha value is -1.75. The lowest BCUT2D eigenvalue weighted by Gasteiger charge is -2.32. The third kappa shape index (κ3) is 3.37. The Kier molecular flexibility index (Phi) is 4.04. The van der Waals surface area contributed by atoms with Gasteiger partial charge in [0.15, 0.2) is 0 Å². The zero-order valence-corrected chi connectivity index (χ0v) is 10.5. The monoisotopic (exact) mass is 249 g/mol. The van der Waals surface area contributed by atoms with Crippen molar-refractivity contribution < 1.29 is 9.53 Å². The van der Waals surface area contributed by atoms with Crippen LogP contribution < -0.4 is 21.1 Å². The van der Waals surface area contributed by atoms with Crippen LogP contribution in [0.3, 0.4) is 0 Å². The molecule has 98 valence electrons. The van der Waals surface area contributed by atoms with Crippen molar-refractivity contribution in [2.45, 2.75) is 18.9 Å². The van der Waals surface area contributed by atoms with Crippen molar-refractivity contribution in [3.63, 3.8) is 0 Å². The number of carbonyl (C=O) groups excluding carboxylic acids is 1. The number of carbonyl (C=O) groups is 1. The topological polar surface area (TPSA) is 76.4 Å². The summed E-state index contributed by atoms with van der Waals surface area (Å²) in [6.07, 6.45) is 2.01. The first-order valence-corrected chi connectivity index (χ1v) is 6.12. The minimum atomic E-state index is -0.180. The van der Waals surface area contributed by atoms with E-state index >= 15 is 0 Å². The molecule has 0 unspecified atom stereocenters. The van der Waals surface area contributed by atoms with Crippen molar-refractivity contribution >= 4 is 11.7 Å². The minimum Gasteiger partial charge on any atom is -0.497 e. The van der Waals surface area contributed by atoms with Crippen LogP contribution in [0.15, 0.2) is 24.3 Å².